The van der Waals surface area contributed by atoms with Crippen LogP contribution in [0.5, 0.6) is 0 Å². The summed E-state index contributed by atoms with van der Waals surface area (Å²) >= 11 is 0. The van der Waals surface area contributed by atoms with E-state index < -0.39 is 10.0 Å². The Morgan fingerprint density at radius 2 is 1.90 bits per heavy atom. The molecule has 2 rings (SSSR count). The Balaban J connectivity index is 0.00000420. The monoisotopic (exact) mass is 537 g/mol. The predicted molar refractivity (Wildman–Crippen MR) is 131 cm³/mol. The van der Waals surface area contributed by atoms with Crippen LogP contribution in [0, 0.1) is 0 Å². The Morgan fingerprint density at radius 1 is 1.28 bits per heavy atom. The van der Waals surface area contributed by atoms with Gasteiger partial charge in [0, 0.05) is 45.3 Å². The lowest BCUT2D eigenvalue weighted by molar-refractivity contribution is 0.248. The highest BCUT2D eigenvalue weighted by Crippen LogP contribution is 2.14. The average Bonchev–Trinajstić information content (AvgIpc) is 2.71. The first-order valence-corrected chi connectivity index (χ1v) is 11.7. The van der Waals surface area contributed by atoms with Crippen molar-refractivity contribution < 1.29 is 8.42 Å². The molecule has 29 heavy (non-hydrogen) atoms. The highest BCUT2D eigenvalue weighted by Gasteiger charge is 2.27. The van der Waals surface area contributed by atoms with Gasteiger partial charge in [-0.3, -0.25) is 9.89 Å². The van der Waals surface area contributed by atoms with Gasteiger partial charge in [-0.25, -0.2) is 12.7 Å². The molecule has 0 spiro atoms. The van der Waals surface area contributed by atoms with Crippen molar-refractivity contribution in [2.75, 3.05) is 39.5 Å². The molecule has 1 heterocycles. The average molecular weight is 538 g/mol. The quantitative estimate of drug-likeness (QED) is 0.302. The van der Waals surface area contributed by atoms with Crippen LogP contribution in [0.3, 0.4) is 0 Å². The van der Waals surface area contributed by atoms with Crippen molar-refractivity contribution in [1.82, 2.24) is 19.8 Å². The first-order valence-electron chi connectivity index (χ1n) is 10.0. The Labute approximate surface area is 193 Å². The first-order chi connectivity index (χ1) is 13.4. The Bertz CT molecular complexity index is 722. The fourth-order valence-corrected chi connectivity index (χ4v) is 4.41. The Hall–Kier alpha value is -0.910. The second-order valence-electron chi connectivity index (χ2n) is 7.42. The maximum absolute atomic E-state index is 12.0. The predicted octanol–water partition coefficient (Wildman–Crippen LogP) is 2.10. The number of halogens is 1. The normalized spacial score (nSPS) is 17.6. The second-order valence-corrected chi connectivity index (χ2v) is 9.68. The Morgan fingerprint density at radius 3 is 2.45 bits per heavy atom. The zero-order chi connectivity index (χ0) is 20.6. The van der Waals surface area contributed by atoms with Crippen LogP contribution in [0.25, 0.3) is 0 Å². The van der Waals surface area contributed by atoms with E-state index in [4.69, 9.17) is 0 Å². The molecule has 0 bridgehead atoms. The summed E-state index contributed by atoms with van der Waals surface area (Å²) in [6.07, 6.45) is 1.59. The van der Waals surface area contributed by atoms with Crippen molar-refractivity contribution in [3.63, 3.8) is 0 Å². The van der Waals surface area contributed by atoms with E-state index in [0.29, 0.717) is 19.1 Å². The number of benzene rings is 1. The third-order valence-corrected chi connectivity index (χ3v) is 7.25. The molecular weight excluding hydrogens is 501 g/mol. The van der Waals surface area contributed by atoms with E-state index >= 15 is 0 Å². The van der Waals surface area contributed by atoms with E-state index in [1.54, 1.807) is 18.3 Å². The maximum atomic E-state index is 12.0. The lowest BCUT2D eigenvalue weighted by atomic mass is 10.1. The number of sulfonamides is 1. The minimum absolute atomic E-state index is 0. The number of hydrogen-bond acceptors (Lipinski definition) is 4. The molecule has 1 aromatic carbocycles. The molecule has 7 nitrogen and oxygen atoms in total. The molecular formula is C20H36IN5O2S. The molecule has 0 radical (unpaired) electrons. The number of rotatable bonds is 8. The number of aliphatic imine (C=N–C) groups is 1. The maximum Gasteiger partial charge on any atom is 0.213 e. The second kappa shape index (κ2) is 12.7. The van der Waals surface area contributed by atoms with E-state index in [-0.39, 0.29) is 35.8 Å². The first kappa shape index (κ1) is 26.1. The van der Waals surface area contributed by atoms with Gasteiger partial charge in [0.25, 0.3) is 0 Å². The minimum atomic E-state index is -3.08. The molecule has 1 aliphatic heterocycles. The number of nitrogens with one attached hydrogen (secondary N) is 2. The van der Waals surface area contributed by atoms with Crippen LogP contribution < -0.4 is 10.6 Å². The van der Waals surface area contributed by atoms with Crippen LogP contribution in [0.2, 0.25) is 0 Å². The van der Waals surface area contributed by atoms with Gasteiger partial charge in [-0.05, 0) is 39.3 Å². The summed E-state index contributed by atoms with van der Waals surface area (Å²) in [5.41, 5.74) is 1.30. The van der Waals surface area contributed by atoms with Crippen LogP contribution in [0.4, 0.5) is 0 Å². The molecule has 0 aromatic heterocycles. The van der Waals surface area contributed by atoms with Crippen molar-refractivity contribution in [2.24, 2.45) is 4.99 Å². The highest BCUT2D eigenvalue weighted by molar-refractivity contribution is 14.0. The molecule has 0 saturated carbocycles. The van der Waals surface area contributed by atoms with E-state index in [1.165, 1.54) is 5.56 Å². The summed E-state index contributed by atoms with van der Waals surface area (Å²) in [5.74, 6) is 0.944. The molecule has 0 amide bonds. The number of nitrogens with zero attached hydrogens (tertiary/aromatic N) is 3. The van der Waals surface area contributed by atoms with Gasteiger partial charge in [0.2, 0.25) is 10.0 Å². The van der Waals surface area contributed by atoms with Crippen LogP contribution in [-0.2, 0) is 16.6 Å². The summed E-state index contributed by atoms with van der Waals surface area (Å²) in [4.78, 5) is 6.63. The standard InChI is InChI=1S/C20H35N5O2S.HI/c1-5-28(26,27)25-13-11-19(12-14-25)23-20(21-3)22-15-17(2)24(4)16-18-9-7-6-8-10-18;/h6-10,17,19H,5,11-16H2,1-4H3,(H2,21,22,23);1H. The van der Waals surface area contributed by atoms with E-state index in [2.05, 4.69) is 58.8 Å². The number of hydrogen-bond donors (Lipinski definition) is 2. The number of guanidine groups is 1. The summed E-state index contributed by atoms with van der Waals surface area (Å²) in [6.45, 7) is 6.72. The van der Waals surface area contributed by atoms with E-state index in [1.807, 2.05) is 6.07 Å². The molecule has 9 heteroatoms. The summed E-state index contributed by atoms with van der Waals surface area (Å²) in [5, 5.41) is 6.84. The fourth-order valence-electron chi connectivity index (χ4n) is 3.28. The van der Waals surface area contributed by atoms with Crippen molar-refractivity contribution in [3.05, 3.63) is 35.9 Å². The topological polar surface area (TPSA) is 77.0 Å². The van der Waals surface area contributed by atoms with Gasteiger partial charge in [-0.15, -0.1) is 24.0 Å². The summed E-state index contributed by atoms with van der Waals surface area (Å²) in [6, 6.07) is 11.0. The van der Waals surface area contributed by atoms with Gasteiger partial charge in [0.1, 0.15) is 0 Å². The molecule has 1 unspecified atom stereocenters. The largest absolute Gasteiger partial charge is 0.355 e. The molecule has 1 aliphatic rings. The molecule has 1 fully saturated rings. The SMILES string of the molecule is CCS(=O)(=O)N1CCC(NC(=NC)NCC(C)N(C)Cc2ccccc2)CC1.I. The zero-order valence-electron chi connectivity index (χ0n) is 18.0. The van der Waals surface area contributed by atoms with Crippen LogP contribution in [-0.4, -0.2) is 75.1 Å². The third kappa shape index (κ3) is 8.39. The van der Waals surface area contributed by atoms with Crippen molar-refractivity contribution in [1.29, 1.82) is 0 Å². The van der Waals surface area contributed by atoms with Crippen molar-refractivity contribution in [3.8, 4) is 0 Å². The minimum Gasteiger partial charge on any atom is -0.355 e. The van der Waals surface area contributed by atoms with Gasteiger partial charge < -0.3 is 10.6 Å². The Kier molecular flexibility index (Phi) is 11.4. The van der Waals surface area contributed by atoms with Gasteiger partial charge >= 0.3 is 0 Å². The summed E-state index contributed by atoms with van der Waals surface area (Å²) < 4.78 is 25.6. The molecule has 1 atom stereocenters. The fraction of sp³-hybridized carbons (Fsp3) is 0.650. The third-order valence-electron chi connectivity index (χ3n) is 5.37. The summed E-state index contributed by atoms with van der Waals surface area (Å²) in [7, 11) is 0.811. The van der Waals surface area contributed by atoms with Crippen molar-refractivity contribution >= 4 is 40.0 Å². The molecule has 1 aromatic rings. The number of piperidine rings is 1. The van der Waals surface area contributed by atoms with Gasteiger partial charge in [0.05, 0.1) is 5.75 Å². The smallest absolute Gasteiger partial charge is 0.213 e. The van der Waals surface area contributed by atoms with Crippen LogP contribution in [0.1, 0.15) is 32.3 Å². The van der Waals surface area contributed by atoms with Crippen LogP contribution in [0.15, 0.2) is 35.3 Å². The number of likely N-dealkylation sites (N-methyl/N-ethyl adjacent to an activating group) is 1. The van der Waals surface area contributed by atoms with Gasteiger partial charge in [0.15, 0.2) is 5.96 Å². The lowest BCUT2D eigenvalue weighted by Gasteiger charge is -2.32. The molecule has 0 aliphatic carbocycles. The lowest BCUT2D eigenvalue weighted by Crippen LogP contribution is -2.51. The zero-order valence-corrected chi connectivity index (χ0v) is 21.1. The van der Waals surface area contributed by atoms with Crippen molar-refractivity contribution in [2.45, 2.75) is 45.3 Å². The van der Waals surface area contributed by atoms with Gasteiger partial charge in [-0.2, -0.15) is 0 Å². The molecule has 2 N–H and O–H groups in total. The van der Waals surface area contributed by atoms with Crippen LogP contribution >= 0.6 is 24.0 Å². The van der Waals surface area contributed by atoms with E-state index in [9.17, 15) is 8.42 Å². The molecule has 166 valence electrons. The van der Waals surface area contributed by atoms with E-state index in [0.717, 1.165) is 31.9 Å². The molecule has 1 saturated heterocycles. The van der Waals surface area contributed by atoms with Gasteiger partial charge in [-0.1, -0.05) is 30.3 Å². The highest BCUT2D eigenvalue weighted by atomic mass is 127.